The van der Waals surface area contributed by atoms with Gasteiger partial charge in [0.25, 0.3) is 0 Å². The lowest BCUT2D eigenvalue weighted by Gasteiger charge is -2.10. The Labute approximate surface area is 96.4 Å². The van der Waals surface area contributed by atoms with Crippen molar-refractivity contribution in [3.05, 3.63) is 28.5 Å². The Kier molecular flexibility index (Phi) is 1.77. The minimum absolute atomic E-state index is 0.0953. The molecule has 0 bridgehead atoms. The summed E-state index contributed by atoms with van der Waals surface area (Å²) >= 11 is 3.43. The fraction of sp³-hybridized carbons (Fsp3) is 0.364. The van der Waals surface area contributed by atoms with Gasteiger partial charge < -0.3 is 10.3 Å². The molecule has 2 heterocycles. The Morgan fingerprint density at radius 3 is 2.87 bits per heavy atom. The third-order valence-corrected chi connectivity index (χ3v) is 3.59. The highest BCUT2D eigenvalue weighted by Crippen LogP contribution is 2.44. The van der Waals surface area contributed by atoms with E-state index in [0.717, 1.165) is 28.3 Å². The van der Waals surface area contributed by atoms with Crippen LogP contribution in [0.5, 0.6) is 0 Å². The van der Waals surface area contributed by atoms with Crippen molar-refractivity contribution >= 4 is 27.0 Å². The van der Waals surface area contributed by atoms with Gasteiger partial charge in [-0.1, -0.05) is 0 Å². The summed E-state index contributed by atoms with van der Waals surface area (Å²) in [5.74, 6) is 0. The fourth-order valence-electron chi connectivity index (χ4n) is 2.04. The number of halogens is 1. The molecule has 0 saturated heterocycles. The lowest BCUT2D eigenvalue weighted by molar-refractivity contribution is 0.667. The van der Waals surface area contributed by atoms with Crippen molar-refractivity contribution in [2.45, 2.75) is 18.4 Å². The standard InChI is InChI=1S/C11H12BrN3/c1-15-9-4-7(12)6-14-8(9)5-10(15)11(13)2-3-11/h4-6H,2-3,13H2,1H3. The second-order valence-corrected chi connectivity index (χ2v) is 5.22. The van der Waals surface area contributed by atoms with E-state index in [-0.39, 0.29) is 5.54 Å². The number of fused-ring (bicyclic) bond motifs is 1. The molecule has 0 atom stereocenters. The Hall–Kier alpha value is -0.870. The molecule has 1 saturated carbocycles. The molecule has 0 unspecified atom stereocenters. The molecular formula is C11H12BrN3. The molecule has 15 heavy (non-hydrogen) atoms. The van der Waals surface area contributed by atoms with Crippen molar-refractivity contribution < 1.29 is 0 Å². The first-order valence-corrected chi connectivity index (χ1v) is 5.80. The van der Waals surface area contributed by atoms with E-state index in [2.05, 4.69) is 44.7 Å². The Morgan fingerprint density at radius 1 is 1.47 bits per heavy atom. The van der Waals surface area contributed by atoms with Gasteiger partial charge in [0, 0.05) is 23.4 Å². The van der Waals surface area contributed by atoms with Crippen LogP contribution in [-0.4, -0.2) is 9.55 Å². The van der Waals surface area contributed by atoms with Gasteiger partial charge in [-0.05, 0) is 40.9 Å². The zero-order valence-electron chi connectivity index (χ0n) is 8.50. The highest BCUT2D eigenvalue weighted by molar-refractivity contribution is 9.10. The van der Waals surface area contributed by atoms with Gasteiger partial charge in [-0.2, -0.15) is 0 Å². The SMILES string of the molecule is Cn1c(C2(N)CC2)cc2ncc(Br)cc21. The topological polar surface area (TPSA) is 43.8 Å². The lowest BCUT2D eigenvalue weighted by atomic mass is 10.2. The smallest absolute Gasteiger partial charge is 0.0885 e. The predicted octanol–water partition coefficient (Wildman–Crippen LogP) is 2.28. The maximum atomic E-state index is 6.21. The summed E-state index contributed by atoms with van der Waals surface area (Å²) in [4.78, 5) is 4.38. The third-order valence-electron chi connectivity index (χ3n) is 3.16. The highest BCUT2D eigenvalue weighted by atomic mass is 79.9. The van der Waals surface area contributed by atoms with E-state index in [1.165, 1.54) is 5.69 Å². The number of hydrogen-bond donors (Lipinski definition) is 1. The molecule has 3 rings (SSSR count). The lowest BCUT2D eigenvalue weighted by Crippen LogP contribution is -2.21. The number of rotatable bonds is 1. The normalized spacial score (nSPS) is 18.3. The van der Waals surface area contributed by atoms with Crippen LogP contribution in [0.25, 0.3) is 11.0 Å². The first-order valence-electron chi connectivity index (χ1n) is 5.00. The molecule has 2 N–H and O–H groups in total. The highest BCUT2D eigenvalue weighted by Gasteiger charge is 2.42. The maximum absolute atomic E-state index is 6.21. The number of hydrogen-bond acceptors (Lipinski definition) is 2. The van der Waals surface area contributed by atoms with Crippen molar-refractivity contribution in [3.8, 4) is 0 Å². The monoisotopic (exact) mass is 265 g/mol. The summed E-state index contributed by atoms with van der Waals surface area (Å²) in [7, 11) is 2.05. The van der Waals surface area contributed by atoms with Crippen molar-refractivity contribution in [3.63, 3.8) is 0 Å². The molecule has 0 radical (unpaired) electrons. The fourth-order valence-corrected chi connectivity index (χ4v) is 2.36. The second kappa shape index (κ2) is 2.83. The Bertz CT molecular complexity index is 540. The Balaban J connectivity index is 2.29. The van der Waals surface area contributed by atoms with Crippen LogP contribution >= 0.6 is 15.9 Å². The van der Waals surface area contributed by atoms with Crippen LogP contribution in [0.15, 0.2) is 22.8 Å². The van der Waals surface area contributed by atoms with E-state index in [0.29, 0.717) is 0 Å². The predicted molar refractivity (Wildman–Crippen MR) is 63.5 cm³/mol. The number of aromatic nitrogens is 2. The van der Waals surface area contributed by atoms with Gasteiger partial charge in [-0.3, -0.25) is 4.98 Å². The van der Waals surface area contributed by atoms with Gasteiger partial charge in [-0.15, -0.1) is 0 Å². The zero-order valence-corrected chi connectivity index (χ0v) is 10.1. The number of nitrogens with zero attached hydrogens (tertiary/aromatic N) is 2. The van der Waals surface area contributed by atoms with Crippen LogP contribution in [0, 0.1) is 0 Å². The van der Waals surface area contributed by atoms with Crippen LogP contribution in [0.2, 0.25) is 0 Å². The molecule has 1 fully saturated rings. The van der Waals surface area contributed by atoms with Gasteiger partial charge in [0.05, 0.1) is 16.6 Å². The quantitative estimate of drug-likeness (QED) is 0.860. The van der Waals surface area contributed by atoms with E-state index in [9.17, 15) is 0 Å². The van der Waals surface area contributed by atoms with Gasteiger partial charge in [-0.25, -0.2) is 0 Å². The first-order chi connectivity index (χ1) is 7.10. The van der Waals surface area contributed by atoms with Crippen LogP contribution in [-0.2, 0) is 12.6 Å². The molecule has 0 spiro atoms. The number of pyridine rings is 1. The van der Waals surface area contributed by atoms with E-state index in [4.69, 9.17) is 5.73 Å². The summed E-state index contributed by atoms with van der Waals surface area (Å²) < 4.78 is 3.16. The molecule has 0 aromatic carbocycles. The summed E-state index contributed by atoms with van der Waals surface area (Å²) in [6.45, 7) is 0. The molecule has 0 amide bonds. The summed E-state index contributed by atoms with van der Waals surface area (Å²) in [5.41, 5.74) is 9.47. The van der Waals surface area contributed by atoms with Gasteiger partial charge in [0.2, 0.25) is 0 Å². The largest absolute Gasteiger partial charge is 0.345 e. The van der Waals surface area contributed by atoms with E-state index in [1.54, 1.807) is 0 Å². The molecule has 2 aromatic rings. The van der Waals surface area contributed by atoms with Gasteiger partial charge >= 0.3 is 0 Å². The van der Waals surface area contributed by atoms with Crippen molar-refractivity contribution in [1.82, 2.24) is 9.55 Å². The summed E-state index contributed by atoms with van der Waals surface area (Å²) in [6.07, 6.45) is 3.98. The molecule has 1 aliphatic rings. The minimum Gasteiger partial charge on any atom is -0.345 e. The van der Waals surface area contributed by atoms with Crippen molar-refractivity contribution in [2.75, 3.05) is 0 Å². The number of aryl methyl sites for hydroxylation is 1. The van der Waals surface area contributed by atoms with Crippen LogP contribution in [0.3, 0.4) is 0 Å². The van der Waals surface area contributed by atoms with Gasteiger partial charge in [0.1, 0.15) is 0 Å². The third kappa shape index (κ3) is 1.32. The average Bonchev–Trinajstić information content (AvgIpc) is 2.86. The molecule has 4 heteroatoms. The summed E-state index contributed by atoms with van der Waals surface area (Å²) in [6, 6.07) is 4.19. The van der Waals surface area contributed by atoms with E-state index >= 15 is 0 Å². The summed E-state index contributed by atoms with van der Waals surface area (Å²) in [5, 5.41) is 0. The molecule has 0 aliphatic heterocycles. The first kappa shape index (κ1) is 9.36. The molecule has 78 valence electrons. The van der Waals surface area contributed by atoms with E-state index in [1.807, 2.05) is 6.20 Å². The molecular weight excluding hydrogens is 254 g/mol. The maximum Gasteiger partial charge on any atom is 0.0885 e. The minimum atomic E-state index is -0.0953. The van der Waals surface area contributed by atoms with Crippen molar-refractivity contribution in [1.29, 1.82) is 0 Å². The van der Waals surface area contributed by atoms with Crippen molar-refractivity contribution in [2.24, 2.45) is 12.8 Å². The molecule has 3 nitrogen and oxygen atoms in total. The zero-order chi connectivity index (χ0) is 10.6. The Morgan fingerprint density at radius 2 is 2.20 bits per heavy atom. The molecule has 1 aliphatic carbocycles. The van der Waals surface area contributed by atoms with Crippen LogP contribution < -0.4 is 5.73 Å². The van der Waals surface area contributed by atoms with Gasteiger partial charge in [0.15, 0.2) is 0 Å². The van der Waals surface area contributed by atoms with Crippen LogP contribution in [0.4, 0.5) is 0 Å². The average molecular weight is 266 g/mol. The van der Waals surface area contributed by atoms with E-state index < -0.39 is 0 Å². The second-order valence-electron chi connectivity index (χ2n) is 4.30. The molecule has 2 aromatic heterocycles. The number of nitrogens with two attached hydrogens (primary N) is 1. The van der Waals surface area contributed by atoms with Crippen LogP contribution in [0.1, 0.15) is 18.5 Å².